The Morgan fingerprint density at radius 2 is 2.00 bits per heavy atom. The molecule has 1 aliphatic heterocycles. The number of halogens is 1. The molecule has 0 radical (unpaired) electrons. The van der Waals surface area contributed by atoms with E-state index in [1.54, 1.807) is 37.5 Å². The van der Waals surface area contributed by atoms with Gasteiger partial charge in [0.25, 0.3) is 0 Å². The fourth-order valence-electron chi connectivity index (χ4n) is 2.14. The van der Waals surface area contributed by atoms with Gasteiger partial charge in [-0.05, 0) is 42.5 Å². The van der Waals surface area contributed by atoms with Gasteiger partial charge in [0.05, 0.1) is 7.11 Å². The third-order valence-corrected chi connectivity index (χ3v) is 3.97. The molecular weight excluding hydrogens is 362 g/mol. The lowest BCUT2D eigenvalue weighted by Gasteiger charge is -2.05. The van der Waals surface area contributed by atoms with Crippen LogP contribution in [0.4, 0.5) is 5.69 Å². The fraction of sp³-hybridized carbons (Fsp3) is 0.118. The monoisotopic (exact) mass is 375 g/mol. The van der Waals surface area contributed by atoms with Crippen LogP contribution in [0.5, 0.6) is 17.2 Å². The first-order chi connectivity index (χ1) is 11.2. The number of benzene rings is 2. The predicted molar refractivity (Wildman–Crippen MR) is 90.9 cm³/mol. The Balaban J connectivity index is 1.72. The van der Waals surface area contributed by atoms with Crippen molar-refractivity contribution in [2.45, 2.75) is 0 Å². The largest absolute Gasteiger partial charge is 0.497 e. The van der Waals surface area contributed by atoms with E-state index in [1.165, 1.54) is 6.08 Å². The van der Waals surface area contributed by atoms with Crippen LogP contribution in [0.1, 0.15) is 5.56 Å². The Hall–Kier alpha value is -2.47. The van der Waals surface area contributed by atoms with E-state index in [0.717, 1.165) is 15.8 Å². The van der Waals surface area contributed by atoms with Crippen molar-refractivity contribution in [1.29, 1.82) is 0 Å². The number of methoxy groups -OCH3 is 1. The van der Waals surface area contributed by atoms with Crippen molar-refractivity contribution in [1.82, 2.24) is 0 Å². The molecule has 1 N–H and O–H groups in total. The molecule has 3 rings (SSSR count). The van der Waals surface area contributed by atoms with Crippen molar-refractivity contribution >= 4 is 33.6 Å². The molecule has 0 fully saturated rings. The van der Waals surface area contributed by atoms with Gasteiger partial charge in [-0.2, -0.15) is 0 Å². The van der Waals surface area contributed by atoms with Crippen LogP contribution < -0.4 is 19.5 Å². The Bertz CT molecular complexity index is 756. The first-order valence-electron chi connectivity index (χ1n) is 6.88. The molecule has 2 aromatic carbocycles. The molecule has 1 amide bonds. The average Bonchev–Trinajstić information content (AvgIpc) is 3.03. The first kappa shape index (κ1) is 15.4. The number of hydrogen-bond donors (Lipinski definition) is 1. The van der Waals surface area contributed by atoms with Gasteiger partial charge in [0.2, 0.25) is 12.7 Å². The minimum Gasteiger partial charge on any atom is -0.497 e. The van der Waals surface area contributed by atoms with E-state index in [0.29, 0.717) is 17.2 Å². The topological polar surface area (TPSA) is 56.8 Å². The second-order valence-corrected chi connectivity index (χ2v) is 5.60. The zero-order valence-corrected chi connectivity index (χ0v) is 13.9. The number of carbonyl (C=O) groups is 1. The number of anilines is 1. The molecule has 0 spiro atoms. The molecule has 23 heavy (non-hydrogen) atoms. The van der Waals surface area contributed by atoms with Crippen molar-refractivity contribution in [3.8, 4) is 17.2 Å². The fourth-order valence-corrected chi connectivity index (χ4v) is 2.59. The van der Waals surface area contributed by atoms with E-state index in [-0.39, 0.29) is 12.7 Å². The van der Waals surface area contributed by atoms with Crippen LogP contribution in [-0.4, -0.2) is 19.8 Å². The minimum atomic E-state index is -0.237. The molecule has 5 nitrogen and oxygen atoms in total. The Morgan fingerprint density at radius 3 is 2.74 bits per heavy atom. The highest BCUT2D eigenvalue weighted by Crippen LogP contribution is 2.40. The standard InChI is InChI=1S/C17H14BrNO4/c1-21-12-4-2-11(3-5-12)19-16(20)9-6-13-14(18)7-8-15-17(13)23-10-22-15/h2-9H,10H2,1H3,(H,19,20)/b9-6+. The molecule has 1 aliphatic rings. The molecule has 0 saturated carbocycles. The van der Waals surface area contributed by atoms with Crippen LogP contribution in [0.2, 0.25) is 0 Å². The lowest BCUT2D eigenvalue weighted by atomic mass is 10.1. The minimum absolute atomic E-state index is 0.185. The number of rotatable bonds is 4. The maximum atomic E-state index is 12.0. The van der Waals surface area contributed by atoms with Gasteiger partial charge in [0.15, 0.2) is 11.5 Å². The normalized spacial score (nSPS) is 12.4. The van der Waals surface area contributed by atoms with Crippen molar-refractivity contribution in [2.24, 2.45) is 0 Å². The number of fused-ring (bicyclic) bond motifs is 1. The molecule has 0 aromatic heterocycles. The SMILES string of the molecule is COc1ccc(NC(=O)/C=C/c2c(Br)ccc3c2OCO3)cc1. The Labute approximate surface area is 142 Å². The van der Waals surface area contributed by atoms with Crippen LogP contribution in [0.15, 0.2) is 46.9 Å². The molecule has 0 saturated heterocycles. The molecule has 0 aliphatic carbocycles. The summed E-state index contributed by atoms with van der Waals surface area (Å²) in [6, 6.07) is 10.8. The molecular formula is C17H14BrNO4. The summed E-state index contributed by atoms with van der Waals surface area (Å²) >= 11 is 3.45. The number of hydrogen-bond acceptors (Lipinski definition) is 4. The van der Waals surface area contributed by atoms with Crippen LogP contribution in [0, 0.1) is 0 Å². The van der Waals surface area contributed by atoms with Gasteiger partial charge in [-0.25, -0.2) is 0 Å². The van der Waals surface area contributed by atoms with Gasteiger partial charge in [0.1, 0.15) is 5.75 Å². The number of carbonyl (C=O) groups excluding carboxylic acids is 1. The van der Waals surface area contributed by atoms with E-state index in [4.69, 9.17) is 14.2 Å². The van der Waals surface area contributed by atoms with E-state index in [9.17, 15) is 4.79 Å². The number of amides is 1. The number of nitrogens with one attached hydrogen (secondary N) is 1. The first-order valence-corrected chi connectivity index (χ1v) is 7.68. The second kappa shape index (κ2) is 6.75. The third kappa shape index (κ3) is 3.48. The summed E-state index contributed by atoms with van der Waals surface area (Å²) in [6.07, 6.45) is 3.14. The van der Waals surface area contributed by atoms with Crippen molar-refractivity contribution in [3.05, 3.63) is 52.5 Å². The maximum absolute atomic E-state index is 12.0. The summed E-state index contributed by atoms with van der Waals surface area (Å²) in [6.45, 7) is 0.185. The van der Waals surface area contributed by atoms with Gasteiger partial charge in [0, 0.05) is 21.8 Å². The highest BCUT2D eigenvalue weighted by molar-refractivity contribution is 9.10. The highest BCUT2D eigenvalue weighted by atomic mass is 79.9. The van der Waals surface area contributed by atoms with Crippen LogP contribution in [0.3, 0.4) is 0 Å². The van der Waals surface area contributed by atoms with E-state index < -0.39 is 0 Å². The van der Waals surface area contributed by atoms with Crippen LogP contribution in [0.25, 0.3) is 6.08 Å². The summed E-state index contributed by atoms with van der Waals surface area (Å²) in [4.78, 5) is 12.0. The van der Waals surface area contributed by atoms with Gasteiger partial charge in [-0.15, -0.1) is 0 Å². The maximum Gasteiger partial charge on any atom is 0.248 e. The van der Waals surface area contributed by atoms with Crippen LogP contribution >= 0.6 is 15.9 Å². The van der Waals surface area contributed by atoms with E-state index in [2.05, 4.69) is 21.2 Å². The predicted octanol–water partition coefficient (Wildman–Crippen LogP) is 3.84. The molecule has 0 unspecified atom stereocenters. The third-order valence-electron chi connectivity index (χ3n) is 3.28. The smallest absolute Gasteiger partial charge is 0.248 e. The quantitative estimate of drug-likeness (QED) is 0.824. The van der Waals surface area contributed by atoms with Gasteiger partial charge in [-0.1, -0.05) is 15.9 Å². The summed E-state index contributed by atoms with van der Waals surface area (Å²) in [7, 11) is 1.60. The van der Waals surface area contributed by atoms with Crippen molar-refractivity contribution in [3.63, 3.8) is 0 Å². The summed E-state index contributed by atoms with van der Waals surface area (Å²) < 4.78 is 16.7. The lowest BCUT2D eigenvalue weighted by Crippen LogP contribution is -2.07. The Morgan fingerprint density at radius 1 is 1.22 bits per heavy atom. The molecule has 2 aromatic rings. The number of ether oxygens (including phenoxy) is 3. The molecule has 6 heteroatoms. The van der Waals surface area contributed by atoms with Gasteiger partial charge >= 0.3 is 0 Å². The lowest BCUT2D eigenvalue weighted by molar-refractivity contribution is -0.111. The van der Waals surface area contributed by atoms with E-state index in [1.807, 2.05) is 12.1 Å². The average molecular weight is 376 g/mol. The van der Waals surface area contributed by atoms with Crippen molar-refractivity contribution < 1.29 is 19.0 Å². The van der Waals surface area contributed by atoms with E-state index >= 15 is 0 Å². The Kier molecular flexibility index (Phi) is 4.52. The summed E-state index contributed by atoms with van der Waals surface area (Å²) in [5.74, 6) is 1.80. The zero-order chi connectivity index (χ0) is 16.2. The molecule has 1 heterocycles. The van der Waals surface area contributed by atoms with Crippen LogP contribution in [-0.2, 0) is 4.79 Å². The highest BCUT2D eigenvalue weighted by Gasteiger charge is 2.18. The molecule has 0 bridgehead atoms. The summed E-state index contributed by atoms with van der Waals surface area (Å²) in [5.41, 5.74) is 1.46. The van der Waals surface area contributed by atoms with Gasteiger partial charge < -0.3 is 19.5 Å². The second-order valence-electron chi connectivity index (χ2n) is 4.75. The zero-order valence-electron chi connectivity index (χ0n) is 12.3. The molecule has 118 valence electrons. The van der Waals surface area contributed by atoms with Gasteiger partial charge in [-0.3, -0.25) is 4.79 Å². The van der Waals surface area contributed by atoms with Crippen molar-refractivity contribution in [2.75, 3.05) is 19.2 Å². The summed E-state index contributed by atoms with van der Waals surface area (Å²) in [5, 5.41) is 2.78. The molecule has 0 atom stereocenters.